The lowest BCUT2D eigenvalue weighted by atomic mass is 10.1. The van der Waals surface area contributed by atoms with Crippen molar-refractivity contribution in [2.45, 2.75) is 25.8 Å². The molecule has 1 atom stereocenters. The van der Waals surface area contributed by atoms with Crippen LogP contribution in [0.1, 0.15) is 25.0 Å². The predicted molar refractivity (Wildman–Crippen MR) is 60.5 cm³/mol. The number of hydrogen-bond donors (Lipinski definition) is 0. The molecule has 16 heavy (non-hydrogen) atoms. The monoisotopic (exact) mass is 272 g/mol. The van der Waals surface area contributed by atoms with E-state index in [4.69, 9.17) is 10.7 Å². The molecule has 92 valence electrons. The number of alkyl halides is 3. The Morgan fingerprint density at radius 3 is 1.94 bits per heavy atom. The minimum atomic E-state index is -4.33. The zero-order chi connectivity index (χ0) is 12.8. The van der Waals surface area contributed by atoms with Crippen LogP contribution in [0.3, 0.4) is 0 Å². The molecule has 1 unspecified atom stereocenters. The summed E-state index contributed by atoms with van der Waals surface area (Å²) in [5, 5.41) is 0. The van der Waals surface area contributed by atoms with E-state index in [0.717, 1.165) is 12.1 Å². The highest BCUT2D eigenvalue weighted by atomic mass is 35.7. The van der Waals surface area contributed by atoms with Crippen LogP contribution in [-0.4, -0.2) is 4.21 Å². The van der Waals surface area contributed by atoms with Gasteiger partial charge in [0.05, 0.1) is 11.3 Å². The summed E-state index contributed by atoms with van der Waals surface area (Å²) in [6.45, 7) is 4.00. The standard InChI is InChI=1S/C8H6ClF3OS.C2H6/c9-14(13)5-6-1-3-7(4-2-6)8(10,11)12;1-2/h1-4H,5H2;1-2H3. The number of hydrogen-bond acceptors (Lipinski definition) is 1. The topological polar surface area (TPSA) is 17.1 Å². The lowest BCUT2D eigenvalue weighted by Gasteiger charge is -2.06. The average Bonchev–Trinajstić information content (AvgIpc) is 2.19. The molecule has 6 heteroatoms. The quantitative estimate of drug-likeness (QED) is 0.740. The third-order valence-electron chi connectivity index (χ3n) is 1.56. The van der Waals surface area contributed by atoms with Gasteiger partial charge in [-0.3, -0.25) is 0 Å². The van der Waals surface area contributed by atoms with Gasteiger partial charge in [0, 0.05) is 0 Å². The van der Waals surface area contributed by atoms with Gasteiger partial charge in [-0.2, -0.15) is 13.2 Å². The highest BCUT2D eigenvalue weighted by Gasteiger charge is 2.29. The van der Waals surface area contributed by atoms with E-state index in [1.807, 2.05) is 13.8 Å². The van der Waals surface area contributed by atoms with Crippen LogP contribution in [0.4, 0.5) is 13.2 Å². The second-order valence-corrected chi connectivity index (χ2v) is 4.53. The second-order valence-electron chi connectivity index (χ2n) is 2.63. The van der Waals surface area contributed by atoms with Gasteiger partial charge in [-0.05, 0) is 28.4 Å². The first-order chi connectivity index (χ1) is 7.39. The van der Waals surface area contributed by atoms with E-state index in [9.17, 15) is 17.4 Å². The van der Waals surface area contributed by atoms with Crippen LogP contribution >= 0.6 is 10.7 Å². The maximum absolute atomic E-state index is 12.1. The van der Waals surface area contributed by atoms with Crippen molar-refractivity contribution in [3.8, 4) is 0 Å². The Morgan fingerprint density at radius 1 is 1.19 bits per heavy atom. The molecule has 1 aromatic rings. The molecule has 0 aliphatic heterocycles. The average molecular weight is 273 g/mol. The largest absolute Gasteiger partial charge is 0.416 e. The molecular formula is C10H12ClF3OS. The summed E-state index contributed by atoms with van der Waals surface area (Å²) in [6.07, 6.45) is -4.33. The van der Waals surface area contributed by atoms with Crippen molar-refractivity contribution in [1.29, 1.82) is 0 Å². The molecule has 0 saturated heterocycles. The third kappa shape index (κ3) is 5.51. The first kappa shape index (κ1) is 15.4. The maximum atomic E-state index is 12.1. The molecule has 0 aliphatic carbocycles. The predicted octanol–water partition coefficient (Wildman–Crippen LogP) is 4.13. The first-order valence-corrected chi connectivity index (χ1v) is 6.75. The van der Waals surface area contributed by atoms with Crippen LogP contribution in [0, 0.1) is 0 Å². The van der Waals surface area contributed by atoms with Gasteiger partial charge in [0.2, 0.25) is 0 Å². The first-order valence-electron chi connectivity index (χ1n) is 4.60. The Morgan fingerprint density at radius 2 is 1.62 bits per heavy atom. The Bertz CT molecular complexity index is 335. The summed E-state index contributed by atoms with van der Waals surface area (Å²) >= 11 is 0. The van der Waals surface area contributed by atoms with Crippen LogP contribution in [0.5, 0.6) is 0 Å². The zero-order valence-corrected chi connectivity index (χ0v) is 10.4. The summed E-state index contributed by atoms with van der Waals surface area (Å²) in [5.74, 6) is 0.0553. The molecule has 0 saturated carbocycles. The number of halogens is 4. The van der Waals surface area contributed by atoms with E-state index in [-0.39, 0.29) is 5.75 Å². The minimum absolute atomic E-state index is 0.0553. The molecule has 1 aromatic carbocycles. The molecular weight excluding hydrogens is 261 g/mol. The van der Waals surface area contributed by atoms with Crippen LogP contribution < -0.4 is 0 Å². The number of benzene rings is 1. The highest BCUT2D eigenvalue weighted by molar-refractivity contribution is 8.07. The number of rotatable bonds is 2. The smallest absolute Gasteiger partial charge is 0.242 e. The van der Waals surface area contributed by atoms with Gasteiger partial charge >= 0.3 is 6.18 Å². The van der Waals surface area contributed by atoms with Crippen LogP contribution in [0.2, 0.25) is 0 Å². The van der Waals surface area contributed by atoms with Gasteiger partial charge in [-0.15, -0.1) is 0 Å². The Labute approximate surface area is 99.6 Å². The summed E-state index contributed by atoms with van der Waals surface area (Å²) in [6, 6.07) is 4.42. The van der Waals surface area contributed by atoms with Crippen molar-refractivity contribution in [3.05, 3.63) is 35.4 Å². The van der Waals surface area contributed by atoms with Crippen molar-refractivity contribution < 1.29 is 17.4 Å². The molecule has 0 aromatic heterocycles. The van der Waals surface area contributed by atoms with Gasteiger partial charge < -0.3 is 0 Å². The molecule has 0 radical (unpaired) electrons. The molecule has 0 bridgehead atoms. The fourth-order valence-corrected chi connectivity index (χ4v) is 1.75. The normalized spacial score (nSPS) is 12.6. The summed E-state index contributed by atoms with van der Waals surface area (Å²) in [4.78, 5) is 0. The molecule has 1 rings (SSSR count). The Balaban J connectivity index is 0.00000106. The molecule has 0 spiro atoms. The Hall–Kier alpha value is -0.550. The third-order valence-corrected chi connectivity index (χ3v) is 2.45. The van der Waals surface area contributed by atoms with E-state index >= 15 is 0 Å². The van der Waals surface area contributed by atoms with E-state index < -0.39 is 21.8 Å². The van der Waals surface area contributed by atoms with Gasteiger partial charge in [0.15, 0.2) is 0 Å². The van der Waals surface area contributed by atoms with Crippen molar-refractivity contribution >= 4 is 20.7 Å². The van der Waals surface area contributed by atoms with Gasteiger partial charge in [0.1, 0.15) is 10.0 Å². The summed E-state index contributed by atoms with van der Waals surface area (Å²) in [7, 11) is 3.64. The van der Waals surface area contributed by atoms with E-state index in [0.29, 0.717) is 5.56 Å². The molecule has 0 amide bonds. The van der Waals surface area contributed by atoms with Crippen LogP contribution in [0.25, 0.3) is 0 Å². The van der Waals surface area contributed by atoms with Crippen molar-refractivity contribution in [2.24, 2.45) is 0 Å². The fraction of sp³-hybridized carbons (Fsp3) is 0.400. The fourth-order valence-electron chi connectivity index (χ4n) is 0.921. The van der Waals surface area contributed by atoms with E-state index in [2.05, 4.69) is 0 Å². The summed E-state index contributed by atoms with van der Waals surface area (Å²) in [5.41, 5.74) is -0.201. The van der Waals surface area contributed by atoms with Gasteiger partial charge in [-0.1, -0.05) is 26.0 Å². The van der Waals surface area contributed by atoms with Crippen LogP contribution in [0.15, 0.2) is 24.3 Å². The Kier molecular flexibility index (Phi) is 6.67. The summed E-state index contributed by atoms with van der Waals surface area (Å²) < 4.78 is 46.8. The van der Waals surface area contributed by atoms with Crippen LogP contribution in [-0.2, 0) is 21.9 Å². The molecule has 1 nitrogen and oxygen atoms in total. The van der Waals surface area contributed by atoms with Crippen molar-refractivity contribution in [1.82, 2.24) is 0 Å². The zero-order valence-electron chi connectivity index (χ0n) is 8.84. The molecule has 0 fully saturated rings. The van der Waals surface area contributed by atoms with E-state index in [1.165, 1.54) is 12.1 Å². The lowest BCUT2D eigenvalue weighted by molar-refractivity contribution is -0.137. The minimum Gasteiger partial charge on any atom is -0.242 e. The second kappa shape index (κ2) is 6.91. The van der Waals surface area contributed by atoms with Crippen molar-refractivity contribution in [3.63, 3.8) is 0 Å². The lowest BCUT2D eigenvalue weighted by Crippen LogP contribution is -2.04. The van der Waals surface area contributed by atoms with E-state index in [1.54, 1.807) is 0 Å². The van der Waals surface area contributed by atoms with Crippen molar-refractivity contribution in [2.75, 3.05) is 0 Å². The molecule has 0 N–H and O–H groups in total. The van der Waals surface area contributed by atoms with Gasteiger partial charge in [-0.25, -0.2) is 4.21 Å². The van der Waals surface area contributed by atoms with Gasteiger partial charge in [0.25, 0.3) is 0 Å². The maximum Gasteiger partial charge on any atom is 0.416 e. The molecule has 0 heterocycles. The SMILES string of the molecule is CC.O=S(Cl)Cc1ccc(C(F)(F)F)cc1. The molecule has 0 aliphatic rings. The highest BCUT2D eigenvalue weighted by Crippen LogP contribution is 2.29.